The molecule has 0 bridgehead atoms. The van der Waals surface area contributed by atoms with E-state index in [-0.39, 0.29) is 18.0 Å². The summed E-state index contributed by atoms with van der Waals surface area (Å²) in [6.45, 7) is 0.0485. The van der Waals surface area contributed by atoms with Crippen molar-refractivity contribution >= 4 is 34.8 Å². The van der Waals surface area contributed by atoms with Crippen molar-refractivity contribution in [2.45, 2.75) is 23.3 Å². The van der Waals surface area contributed by atoms with Crippen molar-refractivity contribution in [3.05, 3.63) is 69.8 Å². The van der Waals surface area contributed by atoms with Gasteiger partial charge in [-0.1, -0.05) is 41.4 Å². The number of halogens is 2. The van der Waals surface area contributed by atoms with Crippen molar-refractivity contribution in [2.24, 2.45) is 0 Å². The third kappa shape index (κ3) is 4.53. The van der Waals surface area contributed by atoms with Crippen LogP contribution in [0.2, 0.25) is 0 Å². The van der Waals surface area contributed by atoms with Crippen LogP contribution < -0.4 is 5.32 Å². The van der Waals surface area contributed by atoms with E-state index in [1.54, 1.807) is 18.2 Å². The number of para-hydroxylation sites is 1. The Morgan fingerprint density at radius 2 is 1.89 bits per heavy atom. The molecule has 0 saturated carbocycles. The number of rotatable bonds is 5. The molecule has 2 aromatic rings. The third-order valence-corrected chi connectivity index (χ3v) is 4.61. The molecule has 0 aromatic heterocycles. The fourth-order valence-corrected chi connectivity index (χ4v) is 2.98. The average Bonchev–Trinajstić information content (AvgIpc) is 2.68. The molecule has 1 unspecified atom stereocenters. The van der Waals surface area contributed by atoms with E-state index >= 15 is 0 Å². The molecule has 0 radical (unpaired) electrons. The SMILES string of the molecule is O=C(N[C@H]1CO[C@@H](c2ccccc2O)OC1c1ccc([N+](=O)[O-])cc1)C(Cl)Cl. The van der Waals surface area contributed by atoms with E-state index in [2.05, 4.69) is 5.32 Å². The number of phenolic OH excluding ortho intramolecular Hbond substituents is 1. The molecule has 3 rings (SSSR count). The average molecular weight is 427 g/mol. The van der Waals surface area contributed by atoms with Crippen LogP contribution in [0.15, 0.2) is 48.5 Å². The number of aromatic hydroxyl groups is 1. The summed E-state index contributed by atoms with van der Waals surface area (Å²) in [6, 6.07) is 11.7. The molecule has 8 nitrogen and oxygen atoms in total. The maximum Gasteiger partial charge on any atom is 0.269 e. The number of carbonyl (C=O) groups excluding carboxylic acids is 1. The molecule has 1 heterocycles. The van der Waals surface area contributed by atoms with Crippen LogP contribution in [0.25, 0.3) is 0 Å². The monoisotopic (exact) mass is 426 g/mol. The first-order valence-corrected chi connectivity index (χ1v) is 9.12. The normalized spacial score (nSPS) is 22.0. The molecule has 1 amide bonds. The van der Waals surface area contributed by atoms with Gasteiger partial charge in [-0.15, -0.1) is 0 Å². The maximum absolute atomic E-state index is 11.9. The Morgan fingerprint density at radius 3 is 2.50 bits per heavy atom. The third-order valence-electron chi connectivity index (χ3n) is 4.21. The molecule has 0 aliphatic carbocycles. The van der Waals surface area contributed by atoms with Gasteiger partial charge in [0.15, 0.2) is 11.1 Å². The molecular weight excluding hydrogens is 411 g/mol. The summed E-state index contributed by atoms with van der Waals surface area (Å²) in [5, 5.41) is 23.6. The van der Waals surface area contributed by atoms with Gasteiger partial charge in [0.1, 0.15) is 11.9 Å². The molecule has 3 atom stereocenters. The van der Waals surface area contributed by atoms with Gasteiger partial charge >= 0.3 is 0 Å². The van der Waals surface area contributed by atoms with Gasteiger partial charge in [0.25, 0.3) is 11.6 Å². The number of nitro benzene ring substituents is 1. The van der Waals surface area contributed by atoms with Crippen LogP contribution in [0.1, 0.15) is 23.5 Å². The van der Waals surface area contributed by atoms with Crippen LogP contribution in [0.4, 0.5) is 5.69 Å². The molecule has 1 saturated heterocycles. The summed E-state index contributed by atoms with van der Waals surface area (Å²) in [4.78, 5) is 21.0. The second-order valence-electron chi connectivity index (χ2n) is 6.05. The number of benzene rings is 2. The molecule has 148 valence electrons. The first kappa shape index (κ1) is 20.3. The molecular formula is C18H16Cl2N2O6. The van der Waals surface area contributed by atoms with Crippen molar-refractivity contribution in [1.29, 1.82) is 0 Å². The number of non-ortho nitro benzene ring substituents is 1. The predicted octanol–water partition coefficient (Wildman–Crippen LogP) is 3.38. The zero-order valence-corrected chi connectivity index (χ0v) is 15.8. The van der Waals surface area contributed by atoms with Gasteiger partial charge in [0, 0.05) is 17.7 Å². The summed E-state index contributed by atoms with van der Waals surface area (Å²) in [7, 11) is 0. The number of alkyl halides is 2. The van der Waals surface area contributed by atoms with Crippen LogP contribution in [0, 0.1) is 10.1 Å². The lowest BCUT2D eigenvalue weighted by Gasteiger charge is -2.37. The molecule has 0 spiro atoms. The van der Waals surface area contributed by atoms with E-state index in [0.29, 0.717) is 11.1 Å². The van der Waals surface area contributed by atoms with Gasteiger partial charge in [-0.3, -0.25) is 14.9 Å². The zero-order valence-electron chi connectivity index (χ0n) is 14.3. The number of carbonyl (C=O) groups is 1. The van der Waals surface area contributed by atoms with E-state index < -0.39 is 34.1 Å². The number of amides is 1. The van der Waals surface area contributed by atoms with Crippen LogP contribution in [0.5, 0.6) is 5.75 Å². The van der Waals surface area contributed by atoms with Crippen LogP contribution in [-0.4, -0.2) is 33.4 Å². The smallest absolute Gasteiger partial charge is 0.269 e. The number of hydrogen-bond donors (Lipinski definition) is 2. The quantitative estimate of drug-likeness (QED) is 0.430. The Balaban J connectivity index is 1.88. The number of nitrogens with one attached hydrogen (secondary N) is 1. The molecule has 10 heteroatoms. The summed E-state index contributed by atoms with van der Waals surface area (Å²) >= 11 is 11.2. The van der Waals surface area contributed by atoms with Crippen molar-refractivity contribution in [1.82, 2.24) is 5.32 Å². The first-order valence-electron chi connectivity index (χ1n) is 8.24. The summed E-state index contributed by atoms with van der Waals surface area (Å²) in [5.41, 5.74) is 0.933. The van der Waals surface area contributed by atoms with E-state index in [1.165, 1.54) is 30.3 Å². The minimum atomic E-state index is -1.27. The molecule has 1 aliphatic rings. The number of phenols is 1. The molecule has 2 aromatic carbocycles. The highest BCUT2D eigenvalue weighted by molar-refractivity contribution is 6.53. The maximum atomic E-state index is 11.9. The van der Waals surface area contributed by atoms with Gasteiger partial charge < -0.3 is 19.9 Å². The summed E-state index contributed by atoms with van der Waals surface area (Å²) in [5.74, 6) is -0.618. The number of hydrogen-bond acceptors (Lipinski definition) is 6. The molecule has 1 aliphatic heterocycles. The highest BCUT2D eigenvalue weighted by Gasteiger charge is 2.36. The zero-order chi connectivity index (χ0) is 20.3. The Morgan fingerprint density at radius 1 is 1.21 bits per heavy atom. The fraction of sp³-hybridized carbons (Fsp3) is 0.278. The van der Waals surface area contributed by atoms with Crippen molar-refractivity contribution in [3.63, 3.8) is 0 Å². The van der Waals surface area contributed by atoms with E-state index in [4.69, 9.17) is 32.7 Å². The van der Waals surface area contributed by atoms with Crippen molar-refractivity contribution in [2.75, 3.05) is 6.61 Å². The van der Waals surface area contributed by atoms with Crippen molar-refractivity contribution < 1.29 is 24.3 Å². The van der Waals surface area contributed by atoms with Gasteiger partial charge in [0.05, 0.1) is 17.6 Å². The first-order chi connectivity index (χ1) is 13.4. The Bertz CT molecular complexity index is 861. The number of ether oxygens (including phenoxy) is 2. The van der Waals surface area contributed by atoms with E-state index in [1.807, 2.05) is 0 Å². The summed E-state index contributed by atoms with van der Waals surface area (Å²) in [6.07, 6.45) is -1.60. The van der Waals surface area contributed by atoms with Crippen LogP contribution >= 0.6 is 23.2 Å². The van der Waals surface area contributed by atoms with Gasteiger partial charge in [0.2, 0.25) is 0 Å². The predicted molar refractivity (Wildman–Crippen MR) is 101 cm³/mol. The standard InChI is InChI=1S/C18H16Cl2N2O6/c19-16(20)17(24)21-13-9-27-18(12-3-1-2-4-14(12)23)28-15(13)10-5-7-11(8-6-10)22(25)26/h1-8,13,15-16,18,23H,9H2,(H,21,24)/t13-,15?,18+/m0/s1. The largest absolute Gasteiger partial charge is 0.507 e. The Labute approximate surface area is 170 Å². The van der Waals surface area contributed by atoms with Crippen LogP contribution in [0.3, 0.4) is 0 Å². The Kier molecular flexibility index (Phi) is 6.35. The lowest BCUT2D eigenvalue weighted by molar-refractivity contribution is -0.384. The van der Waals surface area contributed by atoms with Crippen LogP contribution in [-0.2, 0) is 14.3 Å². The Hall–Kier alpha value is -2.39. The van der Waals surface area contributed by atoms with Crippen molar-refractivity contribution in [3.8, 4) is 5.75 Å². The van der Waals surface area contributed by atoms with Gasteiger partial charge in [-0.2, -0.15) is 0 Å². The minimum Gasteiger partial charge on any atom is -0.507 e. The van der Waals surface area contributed by atoms with E-state index in [9.17, 15) is 20.0 Å². The second kappa shape index (κ2) is 8.74. The van der Waals surface area contributed by atoms with Gasteiger partial charge in [-0.05, 0) is 23.8 Å². The topological polar surface area (TPSA) is 111 Å². The second-order valence-corrected chi connectivity index (χ2v) is 7.14. The lowest BCUT2D eigenvalue weighted by Crippen LogP contribution is -2.48. The van der Waals surface area contributed by atoms with Gasteiger partial charge in [-0.25, -0.2) is 0 Å². The molecule has 1 fully saturated rings. The highest BCUT2D eigenvalue weighted by Crippen LogP contribution is 2.38. The summed E-state index contributed by atoms with van der Waals surface area (Å²) < 4.78 is 11.6. The highest BCUT2D eigenvalue weighted by atomic mass is 35.5. The molecule has 2 N–H and O–H groups in total. The number of nitrogens with zero attached hydrogens (tertiary/aromatic N) is 1. The van der Waals surface area contributed by atoms with E-state index in [0.717, 1.165) is 0 Å². The fourth-order valence-electron chi connectivity index (χ4n) is 2.86. The number of nitro groups is 1. The molecule has 28 heavy (non-hydrogen) atoms. The minimum absolute atomic E-state index is 0.000912. The lowest BCUT2D eigenvalue weighted by atomic mass is 10.0.